The molecule has 5 rings (SSSR count). The monoisotopic (exact) mass is 355 g/mol. The lowest BCUT2D eigenvalue weighted by molar-refractivity contribution is -0.0700. The fourth-order valence-electron chi connectivity index (χ4n) is 6.25. The number of benzene rings is 1. The van der Waals surface area contributed by atoms with Crippen molar-refractivity contribution in [3.8, 4) is 0 Å². The maximum atomic E-state index is 12.4. The lowest BCUT2D eigenvalue weighted by Gasteiger charge is -2.60. The molecule has 1 aromatic carbocycles. The van der Waals surface area contributed by atoms with Crippen LogP contribution in [0, 0.1) is 23.7 Å². The predicted molar refractivity (Wildman–Crippen MR) is 104 cm³/mol. The molecule has 4 aliphatic carbocycles. The molecule has 0 aromatic heterocycles. The number of carbonyl (C=O) groups excluding carboxylic acids is 1. The highest BCUT2D eigenvalue weighted by Gasteiger charge is 2.55. The zero-order chi connectivity index (χ0) is 18.4. The topological polar surface area (TPSA) is 38.3 Å². The van der Waals surface area contributed by atoms with Gasteiger partial charge in [-0.15, -0.1) is 0 Å². The number of nitrogens with one attached hydrogen (secondary N) is 1. The van der Waals surface area contributed by atoms with Gasteiger partial charge in [-0.2, -0.15) is 0 Å². The molecule has 0 heterocycles. The Hall–Kier alpha value is -1.51. The van der Waals surface area contributed by atoms with Crippen LogP contribution in [0.4, 0.5) is 4.79 Å². The van der Waals surface area contributed by atoms with Crippen molar-refractivity contribution >= 4 is 6.09 Å². The zero-order valence-electron chi connectivity index (χ0n) is 16.5. The van der Waals surface area contributed by atoms with Gasteiger partial charge in [-0.1, -0.05) is 30.3 Å². The molecule has 4 bridgehead atoms. The molecule has 4 fully saturated rings. The lowest BCUT2D eigenvalue weighted by atomic mass is 9.48. The minimum absolute atomic E-state index is 0.00206. The molecule has 4 saturated carbocycles. The molecule has 0 saturated heterocycles. The Morgan fingerprint density at radius 2 is 1.77 bits per heavy atom. The van der Waals surface area contributed by atoms with Crippen molar-refractivity contribution in [1.82, 2.24) is 5.32 Å². The largest absolute Gasteiger partial charge is 0.444 e. The number of aryl methyl sites for hydroxylation is 1. The van der Waals surface area contributed by atoms with Crippen LogP contribution in [0.1, 0.15) is 64.9 Å². The van der Waals surface area contributed by atoms with Crippen LogP contribution in [0.5, 0.6) is 0 Å². The normalized spacial score (nSPS) is 35.3. The Morgan fingerprint density at radius 1 is 1.12 bits per heavy atom. The second-order valence-electron chi connectivity index (χ2n) is 10.1. The summed E-state index contributed by atoms with van der Waals surface area (Å²) >= 11 is 0. The van der Waals surface area contributed by atoms with Crippen molar-refractivity contribution in [2.45, 2.75) is 76.9 Å². The SMILES string of the molecule is CC(C)(C)OC(=O)NC12CC3C[C@H](C1)C(CCc1ccccc1)[C@@H](C3)C2. The van der Waals surface area contributed by atoms with E-state index in [4.69, 9.17) is 4.74 Å². The standard InChI is InChI=1S/C23H33NO2/c1-22(2,3)26-21(25)24-23-13-17-11-18(14-23)20(19(12-17)15-23)10-9-16-7-5-4-6-8-16/h4-8,17-20H,9-15H2,1-3H3,(H,24,25)/t17?,18-,19+,20?,23?. The van der Waals surface area contributed by atoms with Gasteiger partial charge in [0.1, 0.15) is 5.60 Å². The van der Waals surface area contributed by atoms with Crippen LogP contribution < -0.4 is 5.32 Å². The van der Waals surface area contributed by atoms with Crippen LogP contribution in [-0.2, 0) is 11.2 Å². The summed E-state index contributed by atoms with van der Waals surface area (Å²) in [5.74, 6) is 3.19. The second kappa shape index (κ2) is 6.58. The quantitative estimate of drug-likeness (QED) is 0.792. The molecule has 3 unspecified atom stereocenters. The number of amides is 1. The average molecular weight is 356 g/mol. The molecule has 1 aromatic rings. The zero-order valence-corrected chi connectivity index (χ0v) is 16.5. The Kier molecular flexibility index (Phi) is 4.53. The lowest BCUT2D eigenvalue weighted by Crippen LogP contribution is -2.62. The minimum Gasteiger partial charge on any atom is -0.444 e. The van der Waals surface area contributed by atoms with Crippen LogP contribution in [0.2, 0.25) is 0 Å². The fraction of sp³-hybridized carbons (Fsp3) is 0.696. The van der Waals surface area contributed by atoms with E-state index in [0.29, 0.717) is 0 Å². The highest BCUT2D eigenvalue weighted by molar-refractivity contribution is 5.69. The summed E-state index contributed by atoms with van der Waals surface area (Å²) in [7, 11) is 0. The third-order valence-electron chi connectivity index (χ3n) is 6.84. The number of hydrogen-bond donors (Lipinski definition) is 1. The third kappa shape index (κ3) is 3.77. The van der Waals surface area contributed by atoms with Gasteiger partial charge in [-0.25, -0.2) is 4.79 Å². The first kappa shape index (κ1) is 17.9. The highest BCUT2D eigenvalue weighted by atomic mass is 16.6. The molecule has 1 amide bonds. The summed E-state index contributed by atoms with van der Waals surface area (Å²) in [6.07, 6.45) is 8.47. The summed E-state index contributed by atoms with van der Waals surface area (Å²) in [5.41, 5.74) is 1.04. The first-order valence-electron chi connectivity index (χ1n) is 10.4. The van der Waals surface area contributed by atoms with Crippen molar-refractivity contribution in [3.05, 3.63) is 35.9 Å². The van der Waals surface area contributed by atoms with Gasteiger partial charge in [0, 0.05) is 5.54 Å². The molecule has 1 N–H and O–H groups in total. The summed E-state index contributed by atoms with van der Waals surface area (Å²) in [6.45, 7) is 5.81. The van der Waals surface area contributed by atoms with Crippen molar-refractivity contribution in [3.63, 3.8) is 0 Å². The molecule has 0 aliphatic heterocycles. The van der Waals surface area contributed by atoms with Gasteiger partial charge in [-0.05, 0) is 95.0 Å². The molecule has 5 atom stereocenters. The van der Waals surface area contributed by atoms with Gasteiger partial charge >= 0.3 is 6.09 Å². The van der Waals surface area contributed by atoms with Gasteiger partial charge in [0.25, 0.3) is 0 Å². The van der Waals surface area contributed by atoms with Crippen molar-refractivity contribution in [2.24, 2.45) is 23.7 Å². The molecule has 0 spiro atoms. The van der Waals surface area contributed by atoms with Crippen LogP contribution in [0.25, 0.3) is 0 Å². The molecular formula is C23H33NO2. The van der Waals surface area contributed by atoms with Crippen LogP contribution in [0.15, 0.2) is 30.3 Å². The molecule has 4 aliphatic rings. The molecule has 0 radical (unpaired) electrons. The summed E-state index contributed by atoms with van der Waals surface area (Å²) in [6, 6.07) is 10.9. The smallest absolute Gasteiger partial charge is 0.408 e. The summed E-state index contributed by atoms with van der Waals surface area (Å²) in [4.78, 5) is 12.4. The Balaban J connectivity index is 1.40. The predicted octanol–water partition coefficient (Wildman–Crippen LogP) is 5.34. The van der Waals surface area contributed by atoms with Gasteiger partial charge in [0.2, 0.25) is 0 Å². The summed E-state index contributed by atoms with van der Waals surface area (Å²) < 4.78 is 5.56. The van der Waals surface area contributed by atoms with Gasteiger partial charge in [0.15, 0.2) is 0 Å². The molecule has 26 heavy (non-hydrogen) atoms. The number of ether oxygens (including phenoxy) is 1. The number of hydrogen-bond acceptors (Lipinski definition) is 2. The third-order valence-corrected chi connectivity index (χ3v) is 6.84. The van der Waals surface area contributed by atoms with E-state index in [0.717, 1.165) is 42.9 Å². The van der Waals surface area contributed by atoms with E-state index in [9.17, 15) is 4.79 Å². The van der Waals surface area contributed by atoms with Gasteiger partial charge < -0.3 is 10.1 Å². The van der Waals surface area contributed by atoms with E-state index in [1.165, 1.54) is 31.2 Å². The first-order chi connectivity index (χ1) is 12.3. The molecular weight excluding hydrogens is 322 g/mol. The second-order valence-corrected chi connectivity index (χ2v) is 10.1. The summed E-state index contributed by atoms with van der Waals surface area (Å²) in [5, 5.41) is 3.31. The van der Waals surface area contributed by atoms with Crippen LogP contribution in [-0.4, -0.2) is 17.2 Å². The maximum Gasteiger partial charge on any atom is 0.408 e. The molecule has 3 heteroatoms. The highest BCUT2D eigenvalue weighted by Crippen LogP contribution is 2.59. The molecule has 3 nitrogen and oxygen atoms in total. The van der Waals surface area contributed by atoms with Crippen molar-refractivity contribution < 1.29 is 9.53 Å². The Labute approximate surface area is 157 Å². The Bertz CT molecular complexity index is 632. The maximum absolute atomic E-state index is 12.4. The van der Waals surface area contributed by atoms with E-state index in [1.54, 1.807) is 0 Å². The average Bonchev–Trinajstić information content (AvgIpc) is 2.52. The fourth-order valence-corrected chi connectivity index (χ4v) is 6.25. The van der Waals surface area contributed by atoms with Crippen LogP contribution >= 0.6 is 0 Å². The number of rotatable bonds is 4. The van der Waals surface area contributed by atoms with E-state index in [1.807, 2.05) is 20.8 Å². The van der Waals surface area contributed by atoms with Gasteiger partial charge in [0.05, 0.1) is 0 Å². The van der Waals surface area contributed by atoms with E-state index in [-0.39, 0.29) is 11.6 Å². The van der Waals surface area contributed by atoms with Gasteiger partial charge in [-0.3, -0.25) is 0 Å². The van der Waals surface area contributed by atoms with Crippen molar-refractivity contribution in [1.29, 1.82) is 0 Å². The van der Waals surface area contributed by atoms with E-state index < -0.39 is 5.60 Å². The Morgan fingerprint density at radius 3 is 2.38 bits per heavy atom. The first-order valence-corrected chi connectivity index (χ1v) is 10.4. The van der Waals surface area contributed by atoms with Crippen LogP contribution in [0.3, 0.4) is 0 Å². The number of alkyl carbamates (subject to hydrolysis) is 1. The molecule has 142 valence electrons. The van der Waals surface area contributed by atoms with Crippen molar-refractivity contribution in [2.75, 3.05) is 0 Å². The minimum atomic E-state index is -0.426. The van der Waals surface area contributed by atoms with E-state index >= 15 is 0 Å². The van der Waals surface area contributed by atoms with E-state index in [2.05, 4.69) is 35.6 Å². The number of carbonyl (C=O) groups is 1.